The Morgan fingerprint density at radius 3 is 2.50 bits per heavy atom. The fraction of sp³-hybridized carbons (Fsp3) is 1.00. The van der Waals surface area contributed by atoms with E-state index in [1.54, 1.807) is 0 Å². The van der Waals surface area contributed by atoms with Crippen molar-refractivity contribution in [3.63, 3.8) is 0 Å². The van der Waals surface area contributed by atoms with Crippen LogP contribution in [0.25, 0.3) is 0 Å². The molecular weight excluding hydrogens is 168 g/mol. The summed E-state index contributed by atoms with van der Waals surface area (Å²) in [6, 6.07) is 0. The van der Waals surface area contributed by atoms with E-state index >= 15 is 0 Å². The van der Waals surface area contributed by atoms with Crippen LogP contribution in [-0.4, -0.2) is 9.96 Å². The molecule has 1 saturated carbocycles. The van der Waals surface area contributed by atoms with E-state index in [0.29, 0.717) is 5.75 Å². The van der Waals surface area contributed by atoms with Crippen LogP contribution in [0.3, 0.4) is 0 Å². The number of halogens is 1. The summed E-state index contributed by atoms with van der Waals surface area (Å²) in [5.41, 5.74) is 0. The molecule has 0 aliphatic heterocycles. The monoisotopic (exact) mass is 180 g/mol. The summed E-state index contributed by atoms with van der Waals surface area (Å²) in [5, 5.41) is 0. The van der Waals surface area contributed by atoms with Crippen molar-refractivity contribution in [2.45, 2.75) is 32.1 Å². The maximum absolute atomic E-state index is 10.5. The lowest BCUT2D eigenvalue weighted by Crippen LogP contribution is -1.98. The largest absolute Gasteiger partial charge is 0.243 e. The topological polar surface area (TPSA) is 17.1 Å². The Bertz CT molecular complexity index is 121. The molecule has 0 radical (unpaired) electrons. The van der Waals surface area contributed by atoms with Crippen LogP contribution >= 0.6 is 10.7 Å². The highest BCUT2D eigenvalue weighted by atomic mass is 35.7. The highest BCUT2D eigenvalue weighted by Gasteiger charge is 2.14. The summed E-state index contributed by atoms with van der Waals surface area (Å²) in [5.74, 6) is 1.51. The molecule has 1 unspecified atom stereocenters. The standard InChI is InChI=1S/C7H13ClOS/c8-10(9)6-5-7-3-1-2-4-7/h7H,1-6H2. The molecule has 0 saturated heterocycles. The molecule has 1 rings (SSSR count). The molecule has 3 heteroatoms. The smallest absolute Gasteiger partial charge is 0.114 e. The maximum Gasteiger partial charge on any atom is 0.114 e. The van der Waals surface area contributed by atoms with Crippen LogP contribution in [0.1, 0.15) is 32.1 Å². The molecule has 0 spiro atoms. The van der Waals surface area contributed by atoms with Gasteiger partial charge in [0.1, 0.15) is 10.0 Å². The summed E-state index contributed by atoms with van der Waals surface area (Å²) < 4.78 is 10.5. The molecule has 60 valence electrons. The molecule has 0 bridgehead atoms. The van der Waals surface area contributed by atoms with Crippen molar-refractivity contribution in [2.24, 2.45) is 5.92 Å². The first-order valence-electron chi connectivity index (χ1n) is 3.83. The summed E-state index contributed by atoms with van der Waals surface area (Å²) >= 11 is 0. The van der Waals surface area contributed by atoms with E-state index in [-0.39, 0.29) is 0 Å². The predicted octanol–water partition coefficient (Wildman–Crippen LogP) is 2.47. The zero-order valence-corrected chi connectivity index (χ0v) is 7.59. The van der Waals surface area contributed by atoms with Crippen molar-refractivity contribution < 1.29 is 4.21 Å². The molecule has 10 heavy (non-hydrogen) atoms. The lowest BCUT2D eigenvalue weighted by atomic mass is 10.1. The molecule has 0 amide bonds. The Morgan fingerprint density at radius 2 is 2.00 bits per heavy atom. The Kier molecular flexibility index (Phi) is 3.71. The van der Waals surface area contributed by atoms with Crippen molar-refractivity contribution in [3.05, 3.63) is 0 Å². The zero-order valence-electron chi connectivity index (χ0n) is 6.01. The van der Waals surface area contributed by atoms with Crippen LogP contribution in [-0.2, 0) is 10.0 Å². The van der Waals surface area contributed by atoms with Crippen molar-refractivity contribution in [2.75, 3.05) is 5.75 Å². The average molecular weight is 181 g/mol. The molecule has 1 aliphatic rings. The van der Waals surface area contributed by atoms with Gasteiger partial charge in [-0.05, 0) is 23.0 Å². The van der Waals surface area contributed by atoms with Gasteiger partial charge in [0.2, 0.25) is 0 Å². The second-order valence-electron chi connectivity index (χ2n) is 2.93. The van der Waals surface area contributed by atoms with Crippen LogP contribution in [0.5, 0.6) is 0 Å². The van der Waals surface area contributed by atoms with Crippen LogP contribution in [0.2, 0.25) is 0 Å². The van der Waals surface area contributed by atoms with Gasteiger partial charge in [-0.25, -0.2) is 4.21 Å². The SMILES string of the molecule is O=S(Cl)CCC1CCCC1. The zero-order chi connectivity index (χ0) is 7.40. The Labute approximate surface area is 69.1 Å². The molecule has 1 aliphatic carbocycles. The van der Waals surface area contributed by atoms with Gasteiger partial charge in [0, 0.05) is 5.75 Å². The van der Waals surface area contributed by atoms with E-state index in [0.717, 1.165) is 12.3 Å². The molecule has 0 aromatic carbocycles. The summed E-state index contributed by atoms with van der Waals surface area (Å²) in [7, 11) is 4.24. The minimum Gasteiger partial charge on any atom is -0.243 e. The first kappa shape index (κ1) is 8.54. The third-order valence-corrected chi connectivity index (χ3v) is 3.18. The van der Waals surface area contributed by atoms with Crippen LogP contribution in [0, 0.1) is 5.92 Å². The summed E-state index contributed by atoms with van der Waals surface area (Å²) in [6.45, 7) is 0. The Balaban J connectivity index is 2.07. The van der Waals surface area contributed by atoms with Gasteiger partial charge in [0.25, 0.3) is 0 Å². The van der Waals surface area contributed by atoms with Crippen LogP contribution < -0.4 is 0 Å². The fourth-order valence-electron chi connectivity index (χ4n) is 1.56. The predicted molar refractivity (Wildman–Crippen MR) is 45.4 cm³/mol. The quantitative estimate of drug-likeness (QED) is 0.610. The Hall–Kier alpha value is 0.440. The minimum absolute atomic E-state index is 0.687. The number of hydrogen-bond acceptors (Lipinski definition) is 1. The van der Waals surface area contributed by atoms with E-state index in [2.05, 4.69) is 0 Å². The van der Waals surface area contributed by atoms with E-state index in [9.17, 15) is 4.21 Å². The lowest BCUT2D eigenvalue weighted by molar-refractivity contribution is 0.532. The lowest BCUT2D eigenvalue weighted by Gasteiger charge is -2.04. The molecule has 0 heterocycles. The van der Waals surface area contributed by atoms with E-state index < -0.39 is 10.0 Å². The molecule has 0 aromatic heterocycles. The second-order valence-corrected chi connectivity index (χ2v) is 4.95. The fourth-order valence-corrected chi connectivity index (χ4v) is 2.34. The third kappa shape index (κ3) is 3.02. The first-order valence-corrected chi connectivity index (χ1v) is 5.98. The van der Waals surface area contributed by atoms with Gasteiger partial charge in [0.05, 0.1) is 0 Å². The summed E-state index contributed by atoms with van der Waals surface area (Å²) in [4.78, 5) is 0. The minimum atomic E-state index is -1.09. The Morgan fingerprint density at radius 1 is 1.40 bits per heavy atom. The molecular formula is C7H13ClOS. The number of rotatable bonds is 3. The van der Waals surface area contributed by atoms with Crippen LogP contribution in [0.15, 0.2) is 0 Å². The average Bonchev–Trinajstić information content (AvgIpc) is 2.34. The highest BCUT2D eigenvalue weighted by Crippen LogP contribution is 2.27. The molecule has 0 N–H and O–H groups in total. The van der Waals surface area contributed by atoms with Crippen molar-refractivity contribution in [1.82, 2.24) is 0 Å². The van der Waals surface area contributed by atoms with Gasteiger partial charge in [-0.2, -0.15) is 0 Å². The van der Waals surface area contributed by atoms with Gasteiger partial charge in [-0.1, -0.05) is 25.7 Å². The summed E-state index contributed by atoms with van der Waals surface area (Å²) in [6.07, 6.45) is 6.44. The molecule has 1 atom stereocenters. The van der Waals surface area contributed by atoms with Gasteiger partial charge in [-0.15, -0.1) is 0 Å². The molecule has 1 fully saturated rings. The van der Waals surface area contributed by atoms with Crippen molar-refractivity contribution in [1.29, 1.82) is 0 Å². The molecule has 0 aromatic rings. The van der Waals surface area contributed by atoms with E-state index in [4.69, 9.17) is 10.7 Å². The van der Waals surface area contributed by atoms with E-state index in [1.165, 1.54) is 25.7 Å². The normalized spacial score (nSPS) is 23.3. The molecule has 1 nitrogen and oxygen atoms in total. The third-order valence-electron chi connectivity index (χ3n) is 2.16. The highest BCUT2D eigenvalue weighted by molar-refractivity contribution is 8.08. The first-order chi connectivity index (χ1) is 4.79. The second kappa shape index (κ2) is 4.35. The van der Waals surface area contributed by atoms with Crippen LogP contribution in [0.4, 0.5) is 0 Å². The van der Waals surface area contributed by atoms with Gasteiger partial charge < -0.3 is 0 Å². The maximum atomic E-state index is 10.5. The van der Waals surface area contributed by atoms with Gasteiger partial charge in [0.15, 0.2) is 0 Å². The van der Waals surface area contributed by atoms with Gasteiger partial charge >= 0.3 is 0 Å². The van der Waals surface area contributed by atoms with E-state index in [1.807, 2.05) is 0 Å². The number of hydrogen-bond donors (Lipinski definition) is 0. The van der Waals surface area contributed by atoms with Crippen molar-refractivity contribution in [3.8, 4) is 0 Å². The van der Waals surface area contributed by atoms with Crippen molar-refractivity contribution >= 4 is 20.7 Å². The van der Waals surface area contributed by atoms with Gasteiger partial charge in [-0.3, -0.25) is 0 Å².